The average molecular weight is 160 g/mol. The van der Waals surface area contributed by atoms with Gasteiger partial charge in [-0.25, -0.2) is 0 Å². The molecule has 0 spiro atoms. The van der Waals surface area contributed by atoms with E-state index < -0.39 is 0 Å². The van der Waals surface area contributed by atoms with Gasteiger partial charge < -0.3 is 4.52 Å². The summed E-state index contributed by atoms with van der Waals surface area (Å²) in [6.45, 7) is 2.00. The number of rotatable bonds is 1. The first-order chi connectivity index (χ1) is 5.88. The highest BCUT2D eigenvalue weighted by molar-refractivity contribution is 5.56. The molecule has 12 heavy (non-hydrogen) atoms. The predicted molar refractivity (Wildman–Crippen MR) is 44.5 cm³/mol. The van der Waals surface area contributed by atoms with E-state index in [4.69, 9.17) is 4.52 Å². The standard InChI is InChI=1S/C9H8N2O/c1-7-3-2-5-10-9(7)8-4-6-12-11-8/h2-6H,1H3. The van der Waals surface area contributed by atoms with Crippen LogP contribution in [0.3, 0.4) is 0 Å². The smallest absolute Gasteiger partial charge is 0.132 e. The van der Waals surface area contributed by atoms with E-state index in [1.54, 1.807) is 18.5 Å². The summed E-state index contributed by atoms with van der Waals surface area (Å²) in [5.74, 6) is 0. The van der Waals surface area contributed by atoms with Crippen molar-refractivity contribution in [3.8, 4) is 11.4 Å². The molecule has 0 unspecified atom stereocenters. The zero-order chi connectivity index (χ0) is 8.39. The van der Waals surface area contributed by atoms with Gasteiger partial charge in [-0.2, -0.15) is 0 Å². The fraction of sp³-hybridized carbons (Fsp3) is 0.111. The molecular formula is C9H8N2O. The van der Waals surface area contributed by atoms with Crippen LogP contribution in [0.25, 0.3) is 11.4 Å². The first kappa shape index (κ1) is 7.03. The lowest BCUT2D eigenvalue weighted by atomic mass is 10.2. The molecule has 2 aromatic heterocycles. The first-order valence-electron chi connectivity index (χ1n) is 3.70. The van der Waals surface area contributed by atoms with Crippen molar-refractivity contribution < 1.29 is 4.52 Å². The van der Waals surface area contributed by atoms with Gasteiger partial charge in [0.25, 0.3) is 0 Å². The molecule has 2 rings (SSSR count). The molecule has 3 nitrogen and oxygen atoms in total. The lowest BCUT2D eigenvalue weighted by Gasteiger charge is -1.97. The van der Waals surface area contributed by atoms with Gasteiger partial charge >= 0.3 is 0 Å². The number of aromatic nitrogens is 2. The summed E-state index contributed by atoms with van der Waals surface area (Å²) in [5.41, 5.74) is 2.77. The van der Waals surface area contributed by atoms with Crippen LogP contribution >= 0.6 is 0 Å². The summed E-state index contributed by atoms with van der Waals surface area (Å²) >= 11 is 0. The summed E-state index contributed by atoms with van der Waals surface area (Å²) in [6, 6.07) is 5.70. The maximum Gasteiger partial charge on any atom is 0.132 e. The van der Waals surface area contributed by atoms with Crippen molar-refractivity contribution in [1.29, 1.82) is 0 Å². The summed E-state index contributed by atoms with van der Waals surface area (Å²) in [4.78, 5) is 4.20. The molecule has 0 atom stereocenters. The van der Waals surface area contributed by atoms with Crippen LogP contribution in [0, 0.1) is 6.92 Å². The number of pyridine rings is 1. The Morgan fingerprint density at radius 3 is 2.92 bits per heavy atom. The number of nitrogens with zero attached hydrogens (tertiary/aromatic N) is 2. The van der Waals surface area contributed by atoms with Gasteiger partial charge in [-0.05, 0) is 18.6 Å². The highest BCUT2D eigenvalue weighted by Crippen LogP contribution is 2.17. The topological polar surface area (TPSA) is 38.9 Å². The van der Waals surface area contributed by atoms with Gasteiger partial charge in [0.2, 0.25) is 0 Å². The molecule has 0 bridgehead atoms. The van der Waals surface area contributed by atoms with Crippen molar-refractivity contribution in [2.45, 2.75) is 6.92 Å². The number of hydrogen-bond acceptors (Lipinski definition) is 3. The third kappa shape index (κ3) is 1.09. The van der Waals surface area contributed by atoms with Crippen LogP contribution in [0.2, 0.25) is 0 Å². The normalized spacial score (nSPS) is 10.1. The van der Waals surface area contributed by atoms with E-state index in [0.717, 1.165) is 17.0 Å². The van der Waals surface area contributed by atoms with Crippen LogP contribution in [0.15, 0.2) is 35.2 Å². The molecule has 0 aliphatic heterocycles. The molecule has 0 aromatic carbocycles. The molecule has 0 aliphatic rings. The van der Waals surface area contributed by atoms with E-state index in [0.29, 0.717) is 0 Å². The molecule has 0 radical (unpaired) electrons. The third-order valence-electron chi connectivity index (χ3n) is 1.69. The van der Waals surface area contributed by atoms with Crippen molar-refractivity contribution >= 4 is 0 Å². The molecule has 0 N–H and O–H groups in total. The molecule has 0 aliphatic carbocycles. The number of hydrogen-bond donors (Lipinski definition) is 0. The summed E-state index contributed by atoms with van der Waals surface area (Å²) < 4.78 is 4.73. The zero-order valence-corrected chi connectivity index (χ0v) is 6.69. The Balaban J connectivity index is 2.55. The lowest BCUT2D eigenvalue weighted by molar-refractivity contribution is 0.422. The van der Waals surface area contributed by atoms with Crippen LogP contribution < -0.4 is 0 Å². The minimum Gasteiger partial charge on any atom is -0.364 e. The van der Waals surface area contributed by atoms with E-state index in [1.807, 2.05) is 19.1 Å². The molecular weight excluding hydrogens is 152 g/mol. The van der Waals surface area contributed by atoms with Gasteiger partial charge in [0.15, 0.2) is 0 Å². The largest absolute Gasteiger partial charge is 0.364 e. The van der Waals surface area contributed by atoms with Crippen molar-refractivity contribution in [1.82, 2.24) is 10.1 Å². The van der Waals surface area contributed by atoms with Crippen LogP contribution in [0.5, 0.6) is 0 Å². The Morgan fingerprint density at radius 1 is 1.33 bits per heavy atom. The molecule has 0 saturated carbocycles. The molecule has 2 aromatic rings. The minimum absolute atomic E-state index is 0.785. The van der Waals surface area contributed by atoms with Gasteiger partial charge in [0.1, 0.15) is 12.0 Å². The Hall–Kier alpha value is -1.64. The van der Waals surface area contributed by atoms with E-state index in [2.05, 4.69) is 10.1 Å². The van der Waals surface area contributed by atoms with Gasteiger partial charge in [0.05, 0.1) is 5.69 Å². The molecule has 0 amide bonds. The van der Waals surface area contributed by atoms with E-state index in [-0.39, 0.29) is 0 Å². The second kappa shape index (κ2) is 2.77. The highest BCUT2D eigenvalue weighted by atomic mass is 16.5. The van der Waals surface area contributed by atoms with Crippen LogP contribution in [-0.2, 0) is 0 Å². The van der Waals surface area contributed by atoms with Crippen molar-refractivity contribution in [2.24, 2.45) is 0 Å². The average Bonchev–Trinajstić information content (AvgIpc) is 2.57. The summed E-state index contributed by atoms with van der Waals surface area (Å²) in [7, 11) is 0. The maximum absolute atomic E-state index is 4.73. The van der Waals surface area contributed by atoms with Gasteiger partial charge in [-0.3, -0.25) is 4.98 Å². The van der Waals surface area contributed by atoms with Gasteiger partial charge in [-0.15, -0.1) is 0 Å². The molecule has 0 fully saturated rings. The second-order valence-corrected chi connectivity index (χ2v) is 2.55. The maximum atomic E-state index is 4.73. The summed E-state index contributed by atoms with van der Waals surface area (Å²) in [5, 5.41) is 3.81. The quantitative estimate of drug-likeness (QED) is 0.640. The lowest BCUT2D eigenvalue weighted by Crippen LogP contribution is -1.86. The summed E-state index contributed by atoms with van der Waals surface area (Å²) in [6.07, 6.45) is 3.29. The van der Waals surface area contributed by atoms with Gasteiger partial charge in [0, 0.05) is 12.3 Å². The van der Waals surface area contributed by atoms with Crippen molar-refractivity contribution in [3.05, 3.63) is 36.2 Å². The Labute approximate surface area is 70.0 Å². The Kier molecular flexibility index (Phi) is 1.63. The second-order valence-electron chi connectivity index (χ2n) is 2.55. The molecule has 0 saturated heterocycles. The SMILES string of the molecule is Cc1cccnc1-c1ccon1. The van der Waals surface area contributed by atoms with Gasteiger partial charge in [-0.1, -0.05) is 11.2 Å². The monoisotopic (exact) mass is 160 g/mol. The zero-order valence-electron chi connectivity index (χ0n) is 6.69. The van der Waals surface area contributed by atoms with Crippen LogP contribution in [-0.4, -0.2) is 10.1 Å². The van der Waals surface area contributed by atoms with Crippen molar-refractivity contribution in [3.63, 3.8) is 0 Å². The van der Waals surface area contributed by atoms with E-state index in [1.165, 1.54) is 0 Å². The molecule has 3 heteroatoms. The fourth-order valence-electron chi connectivity index (χ4n) is 1.09. The van der Waals surface area contributed by atoms with E-state index in [9.17, 15) is 0 Å². The number of aryl methyl sites for hydroxylation is 1. The Morgan fingerprint density at radius 2 is 2.25 bits per heavy atom. The Bertz CT molecular complexity index is 368. The predicted octanol–water partition coefficient (Wildman–Crippen LogP) is 2.05. The van der Waals surface area contributed by atoms with Crippen LogP contribution in [0.1, 0.15) is 5.56 Å². The van der Waals surface area contributed by atoms with E-state index >= 15 is 0 Å². The van der Waals surface area contributed by atoms with Crippen LogP contribution in [0.4, 0.5) is 0 Å². The van der Waals surface area contributed by atoms with Crippen molar-refractivity contribution in [2.75, 3.05) is 0 Å². The third-order valence-corrected chi connectivity index (χ3v) is 1.69. The first-order valence-corrected chi connectivity index (χ1v) is 3.70. The highest BCUT2D eigenvalue weighted by Gasteiger charge is 2.04. The molecule has 60 valence electrons. The minimum atomic E-state index is 0.785. The fourth-order valence-corrected chi connectivity index (χ4v) is 1.09. The molecule has 2 heterocycles.